The summed E-state index contributed by atoms with van der Waals surface area (Å²) in [6.45, 7) is 0.371. The zero-order chi connectivity index (χ0) is 10.3. The molecule has 4 heteroatoms. The van der Waals surface area contributed by atoms with Gasteiger partial charge in [0, 0.05) is 11.0 Å². The van der Waals surface area contributed by atoms with E-state index in [0.29, 0.717) is 6.54 Å². The Balaban J connectivity index is 0.000000424. The van der Waals surface area contributed by atoms with E-state index in [-0.39, 0.29) is 5.82 Å². The van der Waals surface area contributed by atoms with Crippen molar-refractivity contribution >= 4 is 15.9 Å². The molecule has 0 unspecified atom stereocenters. The van der Waals surface area contributed by atoms with Crippen LogP contribution in [0.15, 0.2) is 22.7 Å². The van der Waals surface area contributed by atoms with E-state index in [1.165, 1.54) is 12.1 Å². The number of nitrogens with one attached hydrogen (secondary N) is 1. The molecule has 0 fully saturated rings. The number of halogens is 2. The molecular formula is C9H14BrFN2. The van der Waals surface area contributed by atoms with Crippen LogP contribution in [0.2, 0.25) is 0 Å². The van der Waals surface area contributed by atoms with Crippen molar-refractivity contribution in [1.82, 2.24) is 5.32 Å². The predicted molar refractivity (Wildman–Crippen MR) is 57.0 cm³/mol. The second-order valence-corrected chi connectivity index (χ2v) is 3.40. The summed E-state index contributed by atoms with van der Waals surface area (Å²) in [5, 5.41) is 2.75. The highest BCUT2D eigenvalue weighted by molar-refractivity contribution is 9.10. The van der Waals surface area contributed by atoms with Crippen LogP contribution in [0, 0.1) is 5.82 Å². The lowest BCUT2D eigenvalue weighted by atomic mass is 10.2. The van der Waals surface area contributed by atoms with Gasteiger partial charge in [-0.2, -0.15) is 0 Å². The molecule has 0 radical (unpaired) electrons. The third kappa shape index (κ3) is 5.74. The predicted octanol–water partition coefficient (Wildman–Crippen LogP) is 1.88. The van der Waals surface area contributed by atoms with Crippen molar-refractivity contribution in [3.63, 3.8) is 0 Å². The molecule has 1 aromatic rings. The molecule has 0 amide bonds. The summed E-state index contributed by atoms with van der Waals surface area (Å²) >= 11 is 3.16. The average Bonchev–Trinajstić information content (AvgIpc) is 2.04. The van der Waals surface area contributed by atoms with Crippen LogP contribution in [0.3, 0.4) is 0 Å². The van der Waals surface area contributed by atoms with Crippen LogP contribution in [0.25, 0.3) is 0 Å². The summed E-state index contributed by atoms with van der Waals surface area (Å²) in [5.74, 6) is -0.255. The Morgan fingerprint density at radius 2 is 1.92 bits per heavy atom. The highest BCUT2D eigenvalue weighted by atomic mass is 79.9. The minimum absolute atomic E-state index is 0.255. The molecule has 0 saturated heterocycles. The fourth-order valence-electron chi connectivity index (χ4n) is 0.729. The minimum atomic E-state index is -0.255. The highest BCUT2D eigenvalue weighted by Crippen LogP contribution is 2.13. The number of hydrogen-bond acceptors (Lipinski definition) is 2. The van der Waals surface area contributed by atoms with E-state index in [0.717, 1.165) is 10.0 Å². The molecule has 0 aliphatic heterocycles. The maximum Gasteiger partial charge on any atom is 0.124 e. The van der Waals surface area contributed by atoms with Crippen molar-refractivity contribution in [2.24, 2.45) is 5.73 Å². The molecule has 0 aliphatic rings. The number of benzene rings is 1. The average molecular weight is 249 g/mol. The molecular weight excluding hydrogens is 235 g/mol. The summed E-state index contributed by atoms with van der Waals surface area (Å²) in [6.07, 6.45) is 0. The summed E-state index contributed by atoms with van der Waals surface area (Å²) < 4.78 is 13.3. The number of nitrogens with two attached hydrogens (primary N) is 1. The normalized spacial score (nSPS) is 9.00. The zero-order valence-corrected chi connectivity index (χ0v) is 9.36. The summed E-state index contributed by atoms with van der Waals surface area (Å²) in [4.78, 5) is 0. The van der Waals surface area contributed by atoms with Crippen LogP contribution in [0.5, 0.6) is 0 Å². The molecule has 13 heavy (non-hydrogen) atoms. The van der Waals surface area contributed by atoms with Gasteiger partial charge in [-0.15, -0.1) is 0 Å². The Morgan fingerprint density at radius 1 is 1.38 bits per heavy atom. The lowest BCUT2D eigenvalue weighted by Gasteiger charge is -1.96. The Morgan fingerprint density at radius 3 is 2.31 bits per heavy atom. The number of rotatable bonds is 1. The van der Waals surface area contributed by atoms with E-state index in [1.807, 2.05) is 14.1 Å². The van der Waals surface area contributed by atoms with E-state index in [1.54, 1.807) is 6.07 Å². The second kappa shape index (κ2) is 7.00. The second-order valence-electron chi connectivity index (χ2n) is 2.48. The van der Waals surface area contributed by atoms with E-state index < -0.39 is 0 Å². The third-order valence-electron chi connectivity index (χ3n) is 1.16. The third-order valence-corrected chi connectivity index (χ3v) is 1.62. The van der Waals surface area contributed by atoms with Crippen LogP contribution >= 0.6 is 15.9 Å². The van der Waals surface area contributed by atoms with Crippen molar-refractivity contribution < 1.29 is 4.39 Å². The fraction of sp³-hybridized carbons (Fsp3) is 0.333. The SMILES string of the molecule is CNC.NCc1cc(F)cc(Br)c1. The van der Waals surface area contributed by atoms with Gasteiger partial charge in [-0.25, -0.2) is 4.39 Å². The van der Waals surface area contributed by atoms with Gasteiger partial charge in [0.05, 0.1) is 0 Å². The smallest absolute Gasteiger partial charge is 0.124 e. The Hall–Kier alpha value is -0.450. The summed E-state index contributed by atoms with van der Waals surface area (Å²) in [7, 11) is 3.75. The number of hydrogen-bond donors (Lipinski definition) is 2. The van der Waals surface area contributed by atoms with Crippen molar-refractivity contribution in [1.29, 1.82) is 0 Å². The molecule has 2 nitrogen and oxygen atoms in total. The summed E-state index contributed by atoms with van der Waals surface area (Å²) in [6, 6.07) is 4.62. The van der Waals surface area contributed by atoms with Crippen LogP contribution < -0.4 is 11.1 Å². The topological polar surface area (TPSA) is 38.0 Å². The zero-order valence-electron chi connectivity index (χ0n) is 7.77. The highest BCUT2D eigenvalue weighted by Gasteiger charge is 1.95. The Bertz CT molecular complexity index is 233. The van der Waals surface area contributed by atoms with Crippen LogP contribution in [-0.4, -0.2) is 14.1 Å². The molecule has 1 rings (SSSR count). The van der Waals surface area contributed by atoms with Gasteiger partial charge in [0.15, 0.2) is 0 Å². The Kier molecular flexibility index (Phi) is 6.76. The quantitative estimate of drug-likeness (QED) is 0.797. The van der Waals surface area contributed by atoms with E-state index in [2.05, 4.69) is 21.2 Å². The molecule has 0 heterocycles. The monoisotopic (exact) mass is 248 g/mol. The first-order chi connectivity index (χ1) is 6.13. The largest absolute Gasteiger partial charge is 0.326 e. The molecule has 1 aromatic carbocycles. The van der Waals surface area contributed by atoms with Gasteiger partial charge in [0.1, 0.15) is 5.82 Å². The Labute approximate surface area is 86.5 Å². The fourth-order valence-corrected chi connectivity index (χ4v) is 1.24. The molecule has 0 bridgehead atoms. The van der Waals surface area contributed by atoms with Crippen molar-refractivity contribution in [2.75, 3.05) is 14.1 Å². The maximum absolute atomic E-state index is 12.5. The molecule has 0 aromatic heterocycles. The van der Waals surface area contributed by atoms with Gasteiger partial charge in [0.2, 0.25) is 0 Å². The molecule has 3 N–H and O–H groups in total. The van der Waals surface area contributed by atoms with E-state index in [4.69, 9.17) is 5.73 Å². The van der Waals surface area contributed by atoms with Gasteiger partial charge in [-0.3, -0.25) is 0 Å². The first kappa shape index (κ1) is 12.6. The lowest BCUT2D eigenvalue weighted by Crippen LogP contribution is -1.96. The van der Waals surface area contributed by atoms with Crippen LogP contribution in [-0.2, 0) is 6.54 Å². The van der Waals surface area contributed by atoms with Gasteiger partial charge >= 0.3 is 0 Å². The van der Waals surface area contributed by atoms with Crippen molar-refractivity contribution in [3.8, 4) is 0 Å². The first-order valence-electron chi connectivity index (χ1n) is 3.87. The van der Waals surface area contributed by atoms with Crippen LogP contribution in [0.4, 0.5) is 4.39 Å². The van der Waals surface area contributed by atoms with Crippen molar-refractivity contribution in [2.45, 2.75) is 6.54 Å². The van der Waals surface area contributed by atoms with Crippen LogP contribution in [0.1, 0.15) is 5.56 Å². The summed E-state index contributed by atoms with van der Waals surface area (Å²) in [5.41, 5.74) is 6.10. The molecule has 0 saturated carbocycles. The molecule has 0 atom stereocenters. The van der Waals surface area contributed by atoms with Gasteiger partial charge in [0.25, 0.3) is 0 Å². The minimum Gasteiger partial charge on any atom is -0.326 e. The molecule has 74 valence electrons. The molecule has 0 aliphatic carbocycles. The molecule has 0 spiro atoms. The van der Waals surface area contributed by atoms with Gasteiger partial charge < -0.3 is 11.1 Å². The van der Waals surface area contributed by atoms with E-state index in [9.17, 15) is 4.39 Å². The van der Waals surface area contributed by atoms with Crippen molar-refractivity contribution in [3.05, 3.63) is 34.1 Å². The van der Waals surface area contributed by atoms with Gasteiger partial charge in [-0.05, 0) is 37.9 Å². The first-order valence-corrected chi connectivity index (χ1v) is 4.66. The standard InChI is InChI=1S/C7H7BrFN.C2H7N/c8-6-1-5(4-10)2-7(9)3-6;1-3-2/h1-3H,4,10H2;3H,1-2H3. The maximum atomic E-state index is 12.5. The van der Waals surface area contributed by atoms with Gasteiger partial charge in [-0.1, -0.05) is 15.9 Å². The lowest BCUT2D eigenvalue weighted by molar-refractivity contribution is 0.624. The van der Waals surface area contributed by atoms with E-state index >= 15 is 0 Å².